The van der Waals surface area contributed by atoms with Crippen LogP contribution in [0.2, 0.25) is 0 Å². The van der Waals surface area contributed by atoms with Crippen LogP contribution < -0.4 is 10.9 Å². The second-order valence-electron chi connectivity index (χ2n) is 6.67. The van der Waals surface area contributed by atoms with E-state index in [0.29, 0.717) is 17.8 Å². The van der Waals surface area contributed by atoms with E-state index >= 15 is 0 Å². The standard InChI is InChI=1S/C21H17F2N5O2S/c1-2-5-12-10-18(29)26-21(24-12)28-17(11-15(27-28)16-8-4-9-31-16)25-20(30)19-13(22)6-3-7-14(19)23/h3-4,6-11H,2,5H2,1H3,(H,25,30)(H,24,26,29). The summed E-state index contributed by atoms with van der Waals surface area (Å²) in [5.74, 6) is -2.77. The number of nitrogens with one attached hydrogen (secondary N) is 2. The first-order valence-electron chi connectivity index (χ1n) is 9.46. The lowest BCUT2D eigenvalue weighted by molar-refractivity contribution is 0.101. The molecule has 0 radical (unpaired) electrons. The lowest BCUT2D eigenvalue weighted by atomic mass is 10.2. The third-order valence-electron chi connectivity index (χ3n) is 4.40. The summed E-state index contributed by atoms with van der Waals surface area (Å²) in [5.41, 5.74) is -0.0251. The SMILES string of the molecule is CCCc1cc(=O)[nH]c(-n2nc(-c3cccs3)cc2NC(=O)c2c(F)cccc2F)n1. The van der Waals surface area contributed by atoms with Crippen LogP contribution in [0.5, 0.6) is 0 Å². The van der Waals surface area contributed by atoms with Crippen molar-refractivity contribution in [2.45, 2.75) is 19.8 Å². The van der Waals surface area contributed by atoms with Crippen LogP contribution in [0, 0.1) is 11.6 Å². The Morgan fingerprint density at radius 2 is 1.97 bits per heavy atom. The number of hydrogen-bond acceptors (Lipinski definition) is 5. The summed E-state index contributed by atoms with van der Waals surface area (Å²) in [6, 6.07) is 9.80. The second-order valence-corrected chi connectivity index (χ2v) is 7.61. The van der Waals surface area contributed by atoms with Crippen LogP contribution in [0.3, 0.4) is 0 Å². The molecule has 2 N–H and O–H groups in total. The number of carbonyl (C=O) groups excluding carboxylic acids is 1. The van der Waals surface area contributed by atoms with Crippen LogP contribution in [-0.4, -0.2) is 25.7 Å². The Morgan fingerprint density at radius 1 is 1.19 bits per heavy atom. The van der Waals surface area contributed by atoms with E-state index in [1.165, 1.54) is 28.2 Å². The molecule has 7 nitrogen and oxygen atoms in total. The summed E-state index contributed by atoms with van der Waals surface area (Å²) in [6.45, 7) is 1.96. The molecule has 0 aliphatic carbocycles. The van der Waals surface area contributed by atoms with Crippen molar-refractivity contribution in [3.8, 4) is 16.5 Å². The first-order chi connectivity index (χ1) is 15.0. The topological polar surface area (TPSA) is 92.7 Å². The molecule has 0 bridgehead atoms. The molecule has 0 spiro atoms. The van der Waals surface area contributed by atoms with Crippen LogP contribution in [0.1, 0.15) is 29.4 Å². The number of hydrogen-bond donors (Lipinski definition) is 2. The van der Waals surface area contributed by atoms with Crippen LogP contribution in [0.15, 0.2) is 52.6 Å². The van der Waals surface area contributed by atoms with E-state index in [1.807, 2.05) is 24.4 Å². The van der Waals surface area contributed by atoms with Crippen molar-refractivity contribution >= 4 is 23.1 Å². The number of H-pyrrole nitrogens is 1. The van der Waals surface area contributed by atoms with E-state index in [-0.39, 0.29) is 17.3 Å². The zero-order valence-corrected chi connectivity index (χ0v) is 17.2. The summed E-state index contributed by atoms with van der Waals surface area (Å²) in [5, 5.41) is 8.80. The highest BCUT2D eigenvalue weighted by Gasteiger charge is 2.21. The molecular formula is C21H17F2N5O2S. The predicted molar refractivity (Wildman–Crippen MR) is 114 cm³/mol. The Bertz CT molecular complexity index is 1280. The lowest BCUT2D eigenvalue weighted by Crippen LogP contribution is -2.20. The third-order valence-corrected chi connectivity index (χ3v) is 5.30. The number of aromatic amines is 1. The van der Waals surface area contributed by atoms with Gasteiger partial charge in [0.05, 0.1) is 4.88 Å². The summed E-state index contributed by atoms with van der Waals surface area (Å²) in [4.78, 5) is 32.6. The van der Waals surface area contributed by atoms with Gasteiger partial charge in [-0.2, -0.15) is 9.78 Å². The zero-order chi connectivity index (χ0) is 22.0. The molecule has 3 heterocycles. The molecule has 0 saturated carbocycles. The molecule has 4 rings (SSSR count). The van der Waals surface area contributed by atoms with Gasteiger partial charge in [0, 0.05) is 17.8 Å². The largest absolute Gasteiger partial charge is 0.306 e. The maximum atomic E-state index is 14.1. The highest BCUT2D eigenvalue weighted by molar-refractivity contribution is 7.13. The first kappa shape index (κ1) is 20.6. The predicted octanol–water partition coefficient (Wildman–Crippen LogP) is 4.17. The number of aryl methyl sites for hydroxylation is 1. The minimum Gasteiger partial charge on any atom is -0.306 e. The molecular weight excluding hydrogens is 424 g/mol. The summed E-state index contributed by atoms with van der Waals surface area (Å²) < 4.78 is 29.4. The zero-order valence-electron chi connectivity index (χ0n) is 16.4. The van der Waals surface area contributed by atoms with E-state index in [1.54, 1.807) is 6.07 Å². The molecule has 0 fully saturated rings. The molecule has 10 heteroatoms. The molecule has 0 aliphatic heterocycles. The van der Waals surface area contributed by atoms with Crippen molar-refractivity contribution < 1.29 is 13.6 Å². The van der Waals surface area contributed by atoms with Crippen molar-refractivity contribution in [1.29, 1.82) is 0 Å². The normalized spacial score (nSPS) is 10.9. The number of benzene rings is 1. The van der Waals surface area contributed by atoms with E-state index in [9.17, 15) is 18.4 Å². The number of amides is 1. The number of halogens is 2. The molecule has 4 aromatic rings. The number of aromatic nitrogens is 4. The monoisotopic (exact) mass is 441 g/mol. The van der Waals surface area contributed by atoms with Crippen LogP contribution in [0.4, 0.5) is 14.6 Å². The summed E-state index contributed by atoms with van der Waals surface area (Å²) >= 11 is 1.43. The van der Waals surface area contributed by atoms with Crippen molar-refractivity contribution in [1.82, 2.24) is 19.7 Å². The third kappa shape index (κ3) is 4.29. The Hall–Kier alpha value is -3.66. The average Bonchev–Trinajstić information content (AvgIpc) is 3.37. The highest BCUT2D eigenvalue weighted by Crippen LogP contribution is 2.28. The van der Waals surface area contributed by atoms with Gasteiger partial charge >= 0.3 is 0 Å². The van der Waals surface area contributed by atoms with E-state index in [0.717, 1.165) is 23.4 Å². The van der Waals surface area contributed by atoms with E-state index in [2.05, 4.69) is 20.4 Å². The van der Waals surface area contributed by atoms with E-state index < -0.39 is 23.1 Å². The van der Waals surface area contributed by atoms with Crippen molar-refractivity contribution in [2.75, 3.05) is 5.32 Å². The van der Waals surface area contributed by atoms with Gasteiger partial charge in [-0.25, -0.2) is 13.8 Å². The van der Waals surface area contributed by atoms with Crippen LogP contribution in [-0.2, 0) is 6.42 Å². The molecule has 3 aromatic heterocycles. The minimum atomic E-state index is -0.987. The number of thiophene rings is 1. The van der Waals surface area contributed by atoms with Gasteiger partial charge < -0.3 is 5.32 Å². The van der Waals surface area contributed by atoms with Crippen molar-refractivity contribution in [3.05, 3.63) is 81.1 Å². The van der Waals surface area contributed by atoms with Crippen LogP contribution in [0.25, 0.3) is 16.5 Å². The number of carbonyl (C=O) groups is 1. The molecule has 31 heavy (non-hydrogen) atoms. The Labute approximate surface area is 179 Å². The summed E-state index contributed by atoms with van der Waals surface area (Å²) in [6.07, 6.45) is 1.36. The number of nitrogens with zero attached hydrogens (tertiary/aromatic N) is 3. The molecule has 158 valence electrons. The fourth-order valence-corrected chi connectivity index (χ4v) is 3.73. The Kier molecular flexibility index (Phi) is 5.72. The van der Waals surface area contributed by atoms with Gasteiger partial charge in [-0.1, -0.05) is 25.5 Å². The maximum Gasteiger partial charge on any atom is 0.262 e. The molecule has 0 unspecified atom stereocenters. The van der Waals surface area contributed by atoms with Gasteiger partial charge in [0.25, 0.3) is 11.5 Å². The first-order valence-corrected chi connectivity index (χ1v) is 10.3. The van der Waals surface area contributed by atoms with Gasteiger partial charge in [-0.15, -0.1) is 11.3 Å². The minimum absolute atomic E-state index is 0.0862. The van der Waals surface area contributed by atoms with Crippen molar-refractivity contribution in [2.24, 2.45) is 0 Å². The fraction of sp³-hybridized carbons (Fsp3) is 0.143. The average molecular weight is 441 g/mol. The molecule has 0 saturated heterocycles. The molecule has 0 atom stereocenters. The van der Waals surface area contributed by atoms with Gasteiger partial charge in [-0.05, 0) is 30.0 Å². The maximum absolute atomic E-state index is 14.1. The Balaban J connectivity index is 1.80. The van der Waals surface area contributed by atoms with Gasteiger partial charge in [0.2, 0.25) is 5.95 Å². The van der Waals surface area contributed by atoms with Gasteiger partial charge in [0.1, 0.15) is 28.7 Å². The molecule has 1 aromatic carbocycles. The second kappa shape index (κ2) is 8.60. The molecule has 1 amide bonds. The lowest BCUT2D eigenvalue weighted by Gasteiger charge is -2.10. The fourth-order valence-electron chi connectivity index (χ4n) is 3.05. The number of anilines is 1. The highest BCUT2D eigenvalue weighted by atomic mass is 32.1. The summed E-state index contributed by atoms with van der Waals surface area (Å²) in [7, 11) is 0. The quantitative estimate of drug-likeness (QED) is 0.470. The number of rotatable bonds is 6. The van der Waals surface area contributed by atoms with E-state index in [4.69, 9.17) is 0 Å². The van der Waals surface area contributed by atoms with Gasteiger partial charge in [0.15, 0.2) is 0 Å². The smallest absolute Gasteiger partial charge is 0.262 e. The van der Waals surface area contributed by atoms with Crippen molar-refractivity contribution in [3.63, 3.8) is 0 Å². The Morgan fingerprint density at radius 3 is 2.65 bits per heavy atom. The van der Waals surface area contributed by atoms with Gasteiger partial charge in [-0.3, -0.25) is 14.6 Å². The van der Waals surface area contributed by atoms with Crippen LogP contribution >= 0.6 is 11.3 Å². The molecule has 0 aliphatic rings.